The molecule has 2 heterocycles. The highest BCUT2D eigenvalue weighted by Gasteiger charge is 2.37. The van der Waals surface area contributed by atoms with Crippen LogP contribution in [0.5, 0.6) is 11.5 Å². The van der Waals surface area contributed by atoms with Gasteiger partial charge in [-0.05, 0) is 23.6 Å². The molecule has 4 nitrogen and oxygen atoms in total. The van der Waals surface area contributed by atoms with Gasteiger partial charge in [0.05, 0.1) is 16.7 Å². The lowest BCUT2D eigenvalue weighted by atomic mass is 10.1. The minimum Gasteiger partial charge on any atom is -0.434 e. The van der Waals surface area contributed by atoms with Crippen molar-refractivity contribution in [3.8, 4) is 11.5 Å². The second kappa shape index (κ2) is 10.7. The van der Waals surface area contributed by atoms with Gasteiger partial charge >= 0.3 is 6.18 Å². The first-order valence-corrected chi connectivity index (χ1v) is 12.8. The van der Waals surface area contributed by atoms with Crippen LogP contribution >= 0.6 is 0 Å². The standard InChI is InChI=1S/C18H14NO.C15H11F3NO/c1-2-7-16(8-3-1)19-12-15-11-10-14-6-4-5-9-17(14)18(15)20-13-19;16-15(17,18)13-8-4-5-11-9-19(10-20-14(11)13)12-6-2-1-3-7-12/h1-12H,13H2;1-9H,10H2/q2*+1. The molecule has 0 saturated carbocycles. The third-order valence-corrected chi connectivity index (χ3v) is 6.72. The van der Waals surface area contributed by atoms with Gasteiger partial charge in [-0.1, -0.05) is 72.8 Å². The molecule has 5 aromatic rings. The predicted molar refractivity (Wildman–Crippen MR) is 149 cm³/mol. The van der Waals surface area contributed by atoms with Gasteiger partial charge in [-0.25, -0.2) is 0 Å². The molecule has 0 atom stereocenters. The van der Waals surface area contributed by atoms with E-state index in [-0.39, 0.29) is 12.5 Å². The molecule has 7 heteroatoms. The summed E-state index contributed by atoms with van der Waals surface area (Å²) in [5.41, 5.74) is 2.83. The molecule has 5 aromatic carbocycles. The van der Waals surface area contributed by atoms with Gasteiger partial charge in [-0.2, -0.15) is 22.3 Å². The molecule has 7 rings (SSSR count). The number of alkyl halides is 3. The number of nitrogens with zero attached hydrogens (tertiary/aromatic N) is 2. The number of para-hydroxylation sites is 3. The van der Waals surface area contributed by atoms with Crippen molar-refractivity contribution in [3.63, 3.8) is 0 Å². The predicted octanol–water partition coefficient (Wildman–Crippen LogP) is 7.77. The third kappa shape index (κ3) is 5.18. The fourth-order valence-electron chi connectivity index (χ4n) is 4.78. The van der Waals surface area contributed by atoms with E-state index in [4.69, 9.17) is 9.47 Å². The molecular formula is C33H25F3N2O2+2. The van der Waals surface area contributed by atoms with Crippen molar-refractivity contribution in [2.45, 2.75) is 6.18 Å². The van der Waals surface area contributed by atoms with E-state index in [0.717, 1.165) is 28.8 Å². The summed E-state index contributed by atoms with van der Waals surface area (Å²) in [4.78, 5) is 0. The lowest BCUT2D eigenvalue weighted by molar-refractivity contribution is -0.476. The second-order valence-corrected chi connectivity index (χ2v) is 9.34. The zero-order chi connectivity index (χ0) is 27.5. The maximum absolute atomic E-state index is 12.9. The van der Waals surface area contributed by atoms with Crippen LogP contribution in [0.2, 0.25) is 0 Å². The van der Waals surface area contributed by atoms with Crippen molar-refractivity contribution in [2.75, 3.05) is 13.5 Å². The maximum Gasteiger partial charge on any atom is 0.419 e. The minimum absolute atomic E-state index is 0.0596. The van der Waals surface area contributed by atoms with Gasteiger partial charge < -0.3 is 9.47 Å². The van der Waals surface area contributed by atoms with Crippen molar-refractivity contribution in [1.82, 2.24) is 0 Å². The summed E-state index contributed by atoms with van der Waals surface area (Å²) < 4.78 is 53.9. The quantitative estimate of drug-likeness (QED) is 0.215. The molecule has 0 amide bonds. The summed E-state index contributed by atoms with van der Waals surface area (Å²) in [5, 5.41) is 2.39. The lowest BCUT2D eigenvalue weighted by Gasteiger charge is -2.18. The molecule has 0 N–H and O–H groups in total. The lowest BCUT2D eigenvalue weighted by Crippen LogP contribution is -2.23. The first-order chi connectivity index (χ1) is 19.5. The number of rotatable bonds is 2. The third-order valence-electron chi connectivity index (χ3n) is 6.72. The summed E-state index contributed by atoms with van der Waals surface area (Å²) in [6.07, 6.45) is -0.585. The molecule has 2 aliphatic rings. The first kappa shape index (κ1) is 25.4. The molecule has 40 heavy (non-hydrogen) atoms. The van der Waals surface area contributed by atoms with Crippen molar-refractivity contribution in [1.29, 1.82) is 0 Å². The van der Waals surface area contributed by atoms with Gasteiger partial charge in [-0.15, -0.1) is 0 Å². The molecular weight excluding hydrogens is 513 g/mol. The Morgan fingerprint density at radius 1 is 0.525 bits per heavy atom. The van der Waals surface area contributed by atoms with Crippen LogP contribution in [0.4, 0.5) is 24.5 Å². The van der Waals surface area contributed by atoms with Gasteiger partial charge in [0.25, 0.3) is 13.5 Å². The fraction of sp³-hybridized carbons (Fsp3) is 0.0909. The second-order valence-electron chi connectivity index (χ2n) is 9.34. The molecule has 2 aliphatic heterocycles. The van der Waals surface area contributed by atoms with Crippen LogP contribution in [0.3, 0.4) is 0 Å². The Hall–Kier alpha value is -4.91. The molecule has 0 fully saturated rings. The van der Waals surface area contributed by atoms with Crippen LogP contribution in [-0.2, 0) is 6.18 Å². The average molecular weight is 539 g/mol. The van der Waals surface area contributed by atoms with Crippen molar-refractivity contribution >= 4 is 34.6 Å². The SMILES string of the molecule is C1=[N+](c2ccccc2)COc2c1ccc1ccccc21.FC(F)(F)c1cccc2c1OC[N+](c1ccccc1)=C2. The van der Waals surface area contributed by atoms with E-state index >= 15 is 0 Å². The van der Waals surface area contributed by atoms with Crippen LogP contribution < -0.4 is 9.47 Å². The molecule has 198 valence electrons. The summed E-state index contributed by atoms with van der Waals surface area (Å²) in [5.74, 6) is 0.877. The molecule has 0 saturated heterocycles. The van der Waals surface area contributed by atoms with Gasteiger partial charge in [-0.3, -0.25) is 0 Å². The number of hydrogen-bond acceptors (Lipinski definition) is 2. The Morgan fingerprint density at radius 3 is 1.70 bits per heavy atom. The van der Waals surface area contributed by atoms with Gasteiger partial charge in [0, 0.05) is 29.7 Å². The number of fused-ring (bicyclic) bond motifs is 4. The van der Waals surface area contributed by atoms with Gasteiger partial charge in [0.2, 0.25) is 11.4 Å². The number of hydrogen-bond donors (Lipinski definition) is 0. The Bertz CT molecular complexity index is 1730. The Balaban J connectivity index is 0.000000145. The number of ether oxygens (including phenoxy) is 2. The Morgan fingerprint density at radius 2 is 1.07 bits per heavy atom. The van der Waals surface area contributed by atoms with Gasteiger partial charge in [0.1, 0.15) is 5.75 Å². The first-order valence-electron chi connectivity index (χ1n) is 12.8. The molecule has 0 aromatic heterocycles. The van der Waals surface area contributed by atoms with E-state index in [1.165, 1.54) is 16.8 Å². The molecule has 0 radical (unpaired) electrons. The van der Waals surface area contributed by atoms with E-state index in [1.807, 2.05) is 48.5 Å². The van der Waals surface area contributed by atoms with Gasteiger partial charge in [0.15, 0.2) is 18.2 Å². The van der Waals surface area contributed by atoms with Crippen molar-refractivity contribution in [3.05, 3.63) is 132 Å². The Labute approximate surface area is 229 Å². The highest BCUT2D eigenvalue weighted by molar-refractivity contribution is 5.96. The molecule has 0 bridgehead atoms. The summed E-state index contributed by atoms with van der Waals surface area (Å²) in [6, 6.07) is 36.3. The number of benzene rings is 5. The van der Waals surface area contributed by atoms with E-state index in [1.54, 1.807) is 16.9 Å². The highest BCUT2D eigenvalue weighted by atomic mass is 19.4. The topological polar surface area (TPSA) is 24.5 Å². The zero-order valence-corrected chi connectivity index (χ0v) is 21.4. The minimum atomic E-state index is -4.41. The molecule has 0 unspecified atom stereocenters. The highest BCUT2D eigenvalue weighted by Crippen LogP contribution is 2.39. The normalized spacial score (nSPS) is 13.9. The largest absolute Gasteiger partial charge is 0.434 e. The van der Waals surface area contributed by atoms with E-state index in [2.05, 4.69) is 59.3 Å². The van der Waals surface area contributed by atoms with Crippen molar-refractivity contribution in [2.24, 2.45) is 0 Å². The molecule has 0 spiro atoms. The average Bonchev–Trinajstić information content (AvgIpc) is 3.01. The van der Waals surface area contributed by atoms with Crippen LogP contribution in [0.1, 0.15) is 16.7 Å². The van der Waals surface area contributed by atoms with Crippen LogP contribution in [0.15, 0.2) is 115 Å². The maximum atomic E-state index is 12.9. The fourth-order valence-corrected chi connectivity index (χ4v) is 4.78. The van der Waals surface area contributed by atoms with E-state index in [9.17, 15) is 13.2 Å². The number of halogens is 3. The van der Waals surface area contributed by atoms with Crippen molar-refractivity contribution < 1.29 is 31.8 Å². The summed E-state index contributed by atoms with van der Waals surface area (Å²) >= 11 is 0. The van der Waals surface area contributed by atoms with E-state index < -0.39 is 11.7 Å². The van der Waals surface area contributed by atoms with Crippen LogP contribution in [0, 0.1) is 0 Å². The summed E-state index contributed by atoms with van der Waals surface area (Å²) in [6.45, 7) is 0.606. The van der Waals surface area contributed by atoms with Crippen LogP contribution in [0.25, 0.3) is 10.8 Å². The molecule has 0 aliphatic carbocycles. The Kier molecular flexibility index (Phi) is 6.78. The smallest absolute Gasteiger partial charge is 0.419 e. The monoisotopic (exact) mass is 538 g/mol. The zero-order valence-electron chi connectivity index (χ0n) is 21.4. The summed E-state index contributed by atoms with van der Waals surface area (Å²) in [7, 11) is 0. The van der Waals surface area contributed by atoms with Crippen LogP contribution in [-0.4, -0.2) is 35.0 Å². The van der Waals surface area contributed by atoms with E-state index in [0.29, 0.717) is 12.3 Å².